The van der Waals surface area contributed by atoms with Gasteiger partial charge in [-0.3, -0.25) is 0 Å². The minimum atomic E-state index is -0.434. The van der Waals surface area contributed by atoms with Gasteiger partial charge in [-0.1, -0.05) is 35.9 Å². The Morgan fingerprint density at radius 3 is 2.50 bits per heavy atom. The van der Waals surface area contributed by atoms with Gasteiger partial charge in [0.05, 0.1) is 5.69 Å². The van der Waals surface area contributed by atoms with Gasteiger partial charge in [0.25, 0.3) is 0 Å². The van der Waals surface area contributed by atoms with Gasteiger partial charge in [-0.2, -0.15) is 0 Å². The van der Waals surface area contributed by atoms with E-state index in [1.54, 1.807) is 36.4 Å². The zero-order chi connectivity index (χ0) is 14.4. The highest BCUT2D eigenvalue weighted by Crippen LogP contribution is 2.21. The number of halogens is 1. The van der Waals surface area contributed by atoms with Crippen molar-refractivity contribution in [2.75, 3.05) is 5.32 Å². The minimum absolute atomic E-state index is 0.0179. The zero-order valence-electron chi connectivity index (χ0n) is 10.5. The first-order valence-electron chi connectivity index (χ1n) is 5.93. The van der Waals surface area contributed by atoms with Crippen LogP contribution in [0.25, 0.3) is 6.08 Å². The van der Waals surface area contributed by atoms with Gasteiger partial charge in [-0.05, 0) is 35.9 Å². The van der Waals surface area contributed by atoms with E-state index in [1.165, 1.54) is 12.3 Å². The molecule has 102 valence electrons. The monoisotopic (exact) mass is 288 g/mol. The molecule has 0 saturated heterocycles. The summed E-state index contributed by atoms with van der Waals surface area (Å²) in [6, 6.07) is 13.3. The van der Waals surface area contributed by atoms with Gasteiger partial charge in [0.2, 0.25) is 0 Å². The van der Waals surface area contributed by atoms with Gasteiger partial charge in [-0.25, -0.2) is 4.79 Å². The van der Waals surface area contributed by atoms with E-state index >= 15 is 0 Å². The van der Waals surface area contributed by atoms with Gasteiger partial charge in [-0.15, -0.1) is 0 Å². The van der Waals surface area contributed by atoms with Crippen molar-refractivity contribution in [2.45, 2.75) is 0 Å². The summed E-state index contributed by atoms with van der Waals surface area (Å²) in [4.78, 5) is 11.6. The van der Waals surface area contributed by atoms with Crippen LogP contribution in [0, 0.1) is 0 Å². The molecule has 2 rings (SSSR count). The Morgan fingerprint density at radius 1 is 1.10 bits per heavy atom. The number of para-hydroxylation sites is 2. The van der Waals surface area contributed by atoms with Gasteiger partial charge in [0.15, 0.2) is 0 Å². The number of benzene rings is 2. The van der Waals surface area contributed by atoms with E-state index < -0.39 is 6.03 Å². The molecule has 0 aliphatic carbocycles. The average molecular weight is 289 g/mol. The normalized spacial score (nSPS) is 10.4. The van der Waals surface area contributed by atoms with E-state index in [2.05, 4.69) is 10.6 Å². The van der Waals surface area contributed by atoms with Crippen molar-refractivity contribution in [3.63, 3.8) is 0 Å². The van der Waals surface area contributed by atoms with Gasteiger partial charge in [0.1, 0.15) is 5.75 Å². The number of amides is 2. The third-order valence-corrected chi connectivity index (χ3v) is 2.76. The molecule has 2 aromatic rings. The minimum Gasteiger partial charge on any atom is -0.506 e. The third kappa shape index (κ3) is 4.03. The summed E-state index contributed by atoms with van der Waals surface area (Å²) in [7, 11) is 0. The lowest BCUT2D eigenvalue weighted by Crippen LogP contribution is -2.23. The van der Waals surface area contributed by atoms with Crippen LogP contribution in [0.1, 0.15) is 5.56 Å². The molecule has 0 atom stereocenters. The first kappa shape index (κ1) is 14.0. The van der Waals surface area contributed by atoms with Crippen molar-refractivity contribution in [1.29, 1.82) is 0 Å². The number of aromatic hydroxyl groups is 1. The number of hydrogen-bond donors (Lipinski definition) is 3. The van der Waals surface area contributed by atoms with Crippen LogP contribution in [0.4, 0.5) is 10.5 Å². The number of urea groups is 1. The van der Waals surface area contributed by atoms with E-state index in [-0.39, 0.29) is 5.75 Å². The molecule has 0 radical (unpaired) electrons. The molecule has 3 N–H and O–H groups in total. The molecule has 0 saturated carbocycles. The highest BCUT2D eigenvalue weighted by molar-refractivity contribution is 6.30. The Balaban J connectivity index is 1.89. The molecule has 0 aliphatic heterocycles. The Labute approximate surface area is 121 Å². The van der Waals surface area contributed by atoms with E-state index in [0.717, 1.165) is 5.56 Å². The van der Waals surface area contributed by atoms with Crippen molar-refractivity contribution in [3.05, 3.63) is 65.3 Å². The maximum Gasteiger partial charge on any atom is 0.323 e. The number of carbonyl (C=O) groups is 1. The fourth-order valence-electron chi connectivity index (χ4n) is 1.53. The maximum atomic E-state index is 11.6. The fourth-order valence-corrected chi connectivity index (χ4v) is 1.65. The summed E-state index contributed by atoms with van der Waals surface area (Å²) < 4.78 is 0. The lowest BCUT2D eigenvalue weighted by molar-refractivity contribution is 0.255. The van der Waals surface area contributed by atoms with Crippen molar-refractivity contribution in [3.8, 4) is 5.75 Å². The van der Waals surface area contributed by atoms with E-state index in [1.807, 2.05) is 12.1 Å². The molecule has 0 aromatic heterocycles. The molecule has 0 heterocycles. The third-order valence-electron chi connectivity index (χ3n) is 2.51. The molecule has 2 aromatic carbocycles. The molecule has 5 heteroatoms. The number of anilines is 1. The second kappa shape index (κ2) is 6.63. The van der Waals surface area contributed by atoms with E-state index in [4.69, 9.17) is 11.6 Å². The van der Waals surface area contributed by atoms with Crippen LogP contribution >= 0.6 is 11.6 Å². The fraction of sp³-hybridized carbons (Fsp3) is 0. The van der Waals surface area contributed by atoms with Crippen molar-refractivity contribution in [1.82, 2.24) is 5.32 Å². The first-order valence-corrected chi connectivity index (χ1v) is 6.30. The summed E-state index contributed by atoms with van der Waals surface area (Å²) >= 11 is 5.77. The SMILES string of the molecule is O=C(N/C=C/c1ccc(Cl)cc1)Nc1ccccc1O. The number of hydrogen-bond acceptors (Lipinski definition) is 2. The lowest BCUT2D eigenvalue weighted by atomic mass is 10.2. The summed E-state index contributed by atoms with van der Waals surface area (Å²) in [6.07, 6.45) is 3.25. The van der Waals surface area contributed by atoms with E-state index in [9.17, 15) is 9.90 Å². The maximum absolute atomic E-state index is 11.6. The Hall–Kier alpha value is -2.46. The van der Waals surface area contributed by atoms with Crippen LogP contribution in [0.15, 0.2) is 54.7 Å². The molecular formula is C15H13ClN2O2. The lowest BCUT2D eigenvalue weighted by Gasteiger charge is -2.06. The highest BCUT2D eigenvalue weighted by atomic mass is 35.5. The van der Waals surface area contributed by atoms with Crippen LogP contribution in [-0.4, -0.2) is 11.1 Å². The number of rotatable bonds is 3. The van der Waals surface area contributed by atoms with Crippen molar-refractivity contribution >= 4 is 29.4 Å². The largest absolute Gasteiger partial charge is 0.506 e. The molecule has 0 unspecified atom stereocenters. The second-order valence-corrected chi connectivity index (χ2v) is 4.44. The molecule has 0 aliphatic rings. The molecule has 0 spiro atoms. The number of phenols is 1. The average Bonchev–Trinajstić information content (AvgIpc) is 2.44. The molecular weight excluding hydrogens is 276 g/mol. The first-order chi connectivity index (χ1) is 9.65. The predicted molar refractivity (Wildman–Crippen MR) is 80.7 cm³/mol. The molecule has 0 fully saturated rings. The van der Waals surface area contributed by atoms with Crippen molar-refractivity contribution in [2.24, 2.45) is 0 Å². The summed E-state index contributed by atoms with van der Waals surface area (Å²) in [5, 5.41) is 15.3. The van der Waals surface area contributed by atoms with Crippen LogP contribution < -0.4 is 10.6 Å². The number of phenolic OH excluding ortho intramolecular Hbond substituents is 1. The van der Waals surface area contributed by atoms with Gasteiger partial charge < -0.3 is 15.7 Å². The Kier molecular flexibility index (Phi) is 4.63. The second-order valence-electron chi connectivity index (χ2n) is 4.00. The number of carbonyl (C=O) groups excluding carboxylic acids is 1. The Bertz CT molecular complexity index is 624. The van der Waals surface area contributed by atoms with Crippen molar-refractivity contribution < 1.29 is 9.90 Å². The van der Waals surface area contributed by atoms with Crippen LogP contribution in [0.5, 0.6) is 5.75 Å². The van der Waals surface area contributed by atoms with Gasteiger partial charge >= 0.3 is 6.03 Å². The molecule has 20 heavy (non-hydrogen) atoms. The quantitative estimate of drug-likeness (QED) is 0.752. The molecule has 2 amide bonds. The zero-order valence-corrected chi connectivity index (χ0v) is 11.3. The summed E-state index contributed by atoms with van der Waals surface area (Å²) in [5.41, 5.74) is 1.27. The summed E-state index contributed by atoms with van der Waals surface area (Å²) in [5.74, 6) is 0.0179. The highest BCUT2D eigenvalue weighted by Gasteiger charge is 2.02. The van der Waals surface area contributed by atoms with E-state index in [0.29, 0.717) is 10.7 Å². The van der Waals surface area contributed by atoms with Crippen LogP contribution in [-0.2, 0) is 0 Å². The summed E-state index contributed by atoms with van der Waals surface area (Å²) in [6.45, 7) is 0. The van der Waals surface area contributed by atoms with Gasteiger partial charge in [0, 0.05) is 11.2 Å². The smallest absolute Gasteiger partial charge is 0.323 e. The predicted octanol–water partition coefficient (Wildman–Crippen LogP) is 3.84. The topological polar surface area (TPSA) is 61.4 Å². The molecule has 0 bridgehead atoms. The molecule has 4 nitrogen and oxygen atoms in total. The van der Waals surface area contributed by atoms with Crippen LogP contribution in [0.3, 0.4) is 0 Å². The van der Waals surface area contributed by atoms with Crippen LogP contribution in [0.2, 0.25) is 5.02 Å². The standard InChI is InChI=1S/C15H13ClN2O2/c16-12-7-5-11(6-8-12)9-10-17-15(20)18-13-3-1-2-4-14(13)19/h1-10,19H,(H2,17,18,20)/b10-9+. The number of nitrogens with one attached hydrogen (secondary N) is 2. The Morgan fingerprint density at radius 2 is 1.80 bits per heavy atom.